The van der Waals surface area contributed by atoms with E-state index in [9.17, 15) is 0 Å². The number of halogens is 2. The van der Waals surface area contributed by atoms with E-state index >= 15 is 0 Å². The third-order valence-electron chi connectivity index (χ3n) is 1.98. The first-order valence-electron chi connectivity index (χ1n) is 4.57. The van der Waals surface area contributed by atoms with Gasteiger partial charge in [-0.25, -0.2) is 0 Å². The minimum absolute atomic E-state index is 0.560. The Morgan fingerprint density at radius 2 is 1.88 bits per heavy atom. The zero-order chi connectivity index (χ0) is 11.7. The Bertz CT molecular complexity index is 501. The van der Waals surface area contributed by atoms with Crippen molar-refractivity contribution in [1.29, 1.82) is 0 Å². The number of nitrogens with two attached hydrogens (primary N) is 1. The summed E-state index contributed by atoms with van der Waals surface area (Å²) >= 11 is 11.8. The van der Waals surface area contributed by atoms with Gasteiger partial charge in [0, 0.05) is 29.0 Å². The average molecular weight is 257 g/mol. The second kappa shape index (κ2) is 4.23. The van der Waals surface area contributed by atoms with Gasteiger partial charge in [-0.2, -0.15) is 5.10 Å². The molecule has 2 rings (SSSR count). The number of nitrogens with one attached hydrogen (secondary N) is 1. The fourth-order valence-corrected chi connectivity index (χ4v) is 1.89. The summed E-state index contributed by atoms with van der Waals surface area (Å²) in [6.45, 7) is 0. The SMILES string of the molecule is Cn1cc(N)c(Nc2cc(Cl)cc(Cl)c2)n1. The van der Waals surface area contributed by atoms with E-state index in [4.69, 9.17) is 28.9 Å². The summed E-state index contributed by atoms with van der Waals surface area (Å²) in [4.78, 5) is 0. The Morgan fingerprint density at radius 1 is 1.25 bits per heavy atom. The largest absolute Gasteiger partial charge is 0.394 e. The second-order valence-corrected chi connectivity index (χ2v) is 4.26. The number of aromatic nitrogens is 2. The Hall–Kier alpha value is -1.39. The van der Waals surface area contributed by atoms with Crippen molar-refractivity contribution in [1.82, 2.24) is 9.78 Å². The highest BCUT2D eigenvalue weighted by Gasteiger charge is 2.05. The monoisotopic (exact) mass is 256 g/mol. The van der Waals surface area contributed by atoms with Crippen molar-refractivity contribution in [2.24, 2.45) is 7.05 Å². The van der Waals surface area contributed by atoms with Gasteiger partial charge in [0.25, 0.3) is 0 Å². The lowest BCUT2D eigenvalue weighted by atomic mass is 10.3. The molecule has 2 aromatic rings. The number of hydrogen-bond acceptors (Lipinski definition) is 3. The van der Waals surface area contributed by atoms with Crippen molar-refractivity contribution < 1.29 is 0 Å². The van der Waals surface area contributed by atoms with Crippen molar-refractivity contribution in [3.8, 4) is 0 Å². The molecule has 0 bridgehead atoms. The maximum Gasteiger partial charge on any atom is 0.175 e. The van der Waals surface area contributed by atoms with Gasteiger partial charge in [0.2, 0.25) is 0 Å². The second-order valence-electron chi connectivity index (χ2n) is 3.39. The molecule has 4 nitrogen and oxygen atoms in total. The Morgan fingerprint density at radius 3 is 2.38 bits per heavy atom. The molecule has 6 heteroatoms. The highest BCUT2D eigenvalue weighted by atomic mass is 35.5. The lowest BCUT2D eigenvalue weighted by Gasteiger charge is -2.05. The first-order valence-corrected chi connectivity index (χ1v) is 5.32. The van der Waals surface area contributed by atoms with Gasteiger partial charge in [0.1, 0.15) is 0 Å². The molecule has 0 atom stereocenters. The third-order valence-corrected chi connectivity index (χ3v) is 2.42. The molecule has 0 radical (unpaired) electrons. The summed E-state index contributed by atoms with van der Waals surface area (Å²) in [6.07, 6.45) is 1.72. The molecular weight excluding hydrogens is 247 g/mol. The fourth-order valence-electron chi connectivity index (χ4n) is 1.37. The van der Waals surface area contributed by atoms with Crippen LogP contribution < -0.4 is 11.1 Å². The summed E-state index contributed by atoms with van der Waals surface area (Å²) in [6, 6.07) is 5.17. The van der Waals surface area contributed by atoms with Gasteiger partial charge in [-0.15, -0.1) is 0 Å². The number of nitrogen functional groups attached to an aromatic ring is 1. The molecule has 1 heterocycles. The molecule has 84 valence electrons. The number of nitrogens with zero attached hydrogens (tertiary/aromatic N) is 2. The van der Waals surface area contributed by atoms with Gasteiger partial charge in [-0.3, -0.25) is 4.68 Å². The van der Waals surface area contributed by atoms with E-state index < -0.39 is 0 Å². The van der Waals surface area contributed by atoms with E-state index in [1.54, 1.807) is 36.1 Å². The van der Waals surface area contributed by atoms with Gasteiger partial charge in [-0.1, -0.05) is 23.2 Å². The molecule has 0 aliphatic carbocycles. The Labute approximate surface area is 103 Å². The van der Waals surface area contributed by atoms with E-state index in [1.165, 1.54) is 0 Å². The Kier molecular flexibility index (Phi) is 2.94. The maximum atomic E-state index is 5.88. The van der Waals surface area contributed by atoms with Crippen LogP contribution in [0.3, 0.4) is 0 Å². The lowest BCUT2D eigenvalue weighted by Crippen LogP contribution is -1.95. The van der Waals surface area contributed by atoms with Crippen LogP contribution >= 0.6 is 23.2 Å². The highest BCUT2D eigenvalue weighted by molar-refractivity contribution is 6.35. The van der Waals surface area contributed by atoms with Crippen LogP contribution in [0.1, 0.15) is 0 Å². The van der Waals surface area contributed by atoms with Crippen LogP contribution in [0.5, 0.6) is 0 Å². The zero-order valence-corrected chi connectivity index (χ0v) is 10.0. The standard InChI is InChI=1S/C10H10Cl2N4/c1-16-5-9(13)10(15-16)14-8-3-6(11)2-7(12)4-8/h2-5H,13H2,1H3,(H,14,15). The van der Waals surface area contributed by atoms with Crippen molar-refractivity contribution in [2.45, 2.75) is 0 Å². The van der Waals surface area contributed by atoms with Crippen molar-refractivity contribution in [2.75, 3.05) is 11.1 Å². The molecular formula is C10H10Cl2N4. The zero-order valence-electron chi connectivity index (χ0n) is 8.54. The van der Waals surface area contributed by atoms with Gasteiger partial charge in [-0.05, 0) is 18.2 Å². The molecule has 0 amide bonds. The third kappa shape index (κ3) is 2.40. The fraction of sp³-hybridized carbons (Fsp3) is 0.100. The summed E-state index contributed by atoms with van der Waals surface area (Å²) in [5, 5.41) is 8.33. The molecule has 0 unspecified atom stereocenters. The molecule has 0 spiro atoms. The summed E-state index contributed by atoms with van der Waals surface area (Å²) in [5.41, 5.74) is 7.07. The van der Waals surface area contributed by atoms with Crippen LogP contribution in [0.4, 0.5) is 17.2 Å². The van der Waals surface area contributed by atoms with Crippen LogP contribution in [-0.2, 0) is 7.05 Å². The number of aryl methyl sites for hydroxylation is 1. The molecule has 1 aromatic heterocycles. The normalized spacial score (nSPS) is 10.4. The van der Waals surface area contributed by atoms with Crippen LogP contribution in [0.2, 0.25) is 10.0 Å². The van der Waals surface area contributed by atoms with Gasteiger partial charge >= 0.3 is 0 Å². The van der Waals surface area contributed by atoms with Crippen LogP contribution in [-0.4, -0.2) is 9.78 Å². The minimum atomic E-state index is 0.560. The molecule has 0 aliphatic rings. The Balaban J connectivity index is 2.30. The molecule has 0 fully saturated rings. The predicted molar refractivity (Wildman–Crippen MR) is 67.4 cm³/mol. The van der Waals surface area contributed by atoms with Crippen LogP contribution in [0.15, 0.2) is 24.4 Å². The predicted octanol–water partition coefficient (Wildman–Crippen LogP) is 3.05. The van der Waals surface area contributed by atoms with Gasteiger partial charge < -0.3 is 11.1 Å². The first kappa shape index (κ1) is 11.1. The molecule has 0 aliphatic heterocycles. The molecule has 0 saturated carbocycles. The number of anilines is 3. The number of hydrogen-bond donors (Lipinski definition) is 2. The lowest BCUT2D eigenvalue weighted by molar-refractivity contribution is 0.771. The number of rotatable bonds is 2. The van der Waals surface area contributed by atoms with Crippen LogP contribution in [0.25, 0.3) is 0 Å². The number of benzene rings is 1. The molecule has 16 heavy (non-hydrogen) atoms. The van der Waals surface area contributed by atoms with E-state index in [-0.39, 0.29) is 0 Å². The van der Waals surface area contributed by atoms with Crippen LogP contribution in [0, 0.1) is 0 Å². The average Bonchev–Trinajstić information content (AvgIpc) is 2.43. The van der Waals surface area contributed by atoms with E-state index in [1.807, 2.05) is 0 Å². The smallest absolute Gasteiger partial charge is 0.175 e. The van der Waals surface area contributed by atoms with Gasteiger partial charge in [0.15, 0.2) is 5.82 Å². The maximum absolute atomic E-state index is 5.88. The highest BCUT2D eigenvalue weighted by Crippen LogP contribution is 2.26. The molecule has 1 aromatic carbocycles. The van der Waals surface area contributed by atoms with Crippen molar-refractivity contribution >= 4 is 40.4 Å². The minimum Gasteiger partial charge on any atom is -0.394 e. The topological polar surface area (TPSA) is 55.9 Å². The first-order chi connectivity index (χ1) is 7.54. The molecule has 3 N–H and O–H groups in total. The van der Waals surface area contributed by atoms with Crippen molar-refractivity contribution in [3.63, 3.8) is 0 Å². The quantitative estimate of drug-likeness (QED) is 0.869. The van der Waals surface area contributed by atoms with E-state index in [2.05, 4.69) is 10.4 Å². The van der Waals surface area contributed by atoms with E-state index in [0.717, 1.165) is 5.69 Å². The summed E-state index contributed by atoms with van der Waals surface area (Å²) in [5.74, 6) is 0.584. The summed E-state index contributed by atoms with van der Waals surface area (Å²) < 4.78 is 1.63. The van der Waals surface area contributed by atoms with Crippen molar-refractivity contribution in [3.05, 3.63) is 34.4 Å². The molecule has 0 saturated heterocycles. The van der Waals surface area contributed by atoms with E-state index in [0.29, 0.717) is 21.6 Å². The summed E-state index contributed by atoms with van der Waals surface area (Å²) in [7, 11) is 1.80. The van der Waals surface area contributed by atoms with Gasteiger partial charge in [0.05, 0.1) is 5.69 Å².